The zero-order valence-corrected chi connectivity index (χ0v) is 20.7. The van der Waals surface area contributed by atoms with Gasteiger partial charge >= 0.3 is 0 Å². The molecule has 0 bridgehead atoms. The van der Waals surface area contributed by atoms with E-state index in [2.05, 4.69) is 22.4 Å². The first-order valence-corrected chi connectivity index (χ1v) is 11.7. The average molecular weight is 468 g/mol. The van der Waals surface area contributed by atoms with Gasteiger partial charge in [-0.1, -0.05) is 48.5 Å². The van der Waals surface area contributed by atoms with Crippen LogP contribution in [0.25, 0.3) is 0 Å². The van der Waals surface area contributed by atoms with Gasteiger partial charge in [-0.3, -0.25) is 4.79 Å². The Labute approximate surface area is 202 Å². The number of unbranched alkanes of at least 4 members (excludes halogenated alkanes) is 1. The summed E-state index contributed by atoms with van der Waals surface area (Å²) in [7, 11) is 1.79. The van der Waals surface area contributed by atoms with E-state index in [-0.39, 0.29) is 12.5 Å². The summed E-state index contributed by atoms with van der Waals surface area (Å²) in [6, 6.07) is 15.2. The predicted octanol–water partition coefficient (Wildman–Crippen LogP) is 4.64. The Balaban J connectivity index is 2.07. The Morgan fingerprint density at radius 3 is 2.56 bits per heavy atom. The van der Waals surface area contributed by atoms with Gasteiger partial charge in [-0.05, 0) is 50.8 Å². The molecule has 0 fully saturated rings. The number of nitrogens with zero attached hydrogens (tertiary/aromatic N) is 3. The van der Waals surface area contributed by atoms with Crippen molar-refractivity contribution in [2.24, 2.45) is 11.0 Å². The second-order valence-corrected chi connectivity index (χ2v) is 7.89. The number of anilines is 1. The number of rotatable bonds is 14. The van der Waals surface area contributed by atoms with E-state index in [1.165, 1.54) is 0 Å². The van der Waals surface area contributed by atoms with Gasteiger partial charge < -0.3 is 19.9 Å². The highest BCUT2D eigenvalue weighted by atomic mass is 16.6. The summed E-state index contributed by atoms with van der Waals surface area (Å²) in [6.45, 7) is 7.59. The highest BCUT2D eigenvalue weighted by molar-refractivity contribution is 6.12. The normalized spacial score (nSPS) is 12.2. The van der Waals surface area contributed by atoms with E-state index in [9.17, 15) is 4.79 Å². The van der Waals surface area contributed by atoms with Gasteiger partial charge in [0.2, 0.25) is 5.91 Å². The molecule has 0 aliphatic carbocycles. The maximum Gasteiger partial charge on any atom is 0.225 e. The van der Waals surface area contributed by atoms with Crippen LogP contribution < -0.4 is 11.2 Å². The number of hydrogen-bond acceptors (Lipinski definition) is 7. The molecule has 2 aromatic rings. The number of ether oxygens (including phenoxy) is 1. The minimum Gasteiger partial charge on any atom is -0.389 e. The van der Waals surface area contributed by atoms with Gasteiger partial charge in [-0.15, -0.1) is 0 Å². The molecule has 8 heteroatoms. The number of nitrogens with two attached hydrogens (primary N) is 1. The topological polar surface area (TPSA) is 102 Å². The molecule has 0 saturated carbocycles. The Hall–Kier alpha value is -3.23. The third-order valence-corrected chi connectivity index (χ3v) is 5.15. The van der Waals surface area contributed by atoms with Gasteiger partial charge in [0.15, 0.2) is 6.61 Å². The third-order valence-electron chi connectivity index (χ3n) is 5.15. The van der Waals surface area contributed by atoms with Crippen LogP contribution in [0, 0.1) is 0 Å². The highest BCUT2D eigenvalue weighted by Gasteiger charge is 2.16. The fraction of sp³-hybridized carbons (Fsp3) is 0.423. The standard InChI is InChI=1S/C26H37N5O3/c1-5-20(3)26(31(4)27)25(21-13-8-7-9-14-21)30-34-19-22-15-12-16-23(28-22)29-24(32)17-10-11-18-33-6-2/h7-9,12-16H,5-6,10-11,17-19,27H2,1-4H3,(H,28,29,32)/b26-20+,30-25-. The number of hydrogen-bond donors (Lipinski definition) is 2. The van der Waals surface area contributed by atoms with Gasteiger partial charge in [-0.25, -0.2) is 10.8 Å². The molecule has 0 spiro atoms. The fourth-order valence-electron chi connectivity index (χ4n) is 3.30. The van der Waals surface area contributed by atoms with Crippen LogP contribution in [-0.4, -0.2) is 41.9 Å². The Morgan fingerprint density at radius 2 is 1.88 bits per heavy atom. The number of pyridine rings is 1. The molecule has 0 unspecified atom stereocenters. The zero-order valence-electron chi connectivity index (χ0n) is 20.7. The molecule has 8 nitrogen and oxygen atoms in total. The van der Waals surface area contributed by atoms with Gasteiger partial charge in [0, 0.05) is 32.2 Å². The van der Waals surface area contributed by atoms with E-state index in [0.717, 1.165) is 36.1 Å². The summed E-state index contributed by atoms with van der Waals surface area (Å²) in [5.41, 5.74) is 4.12. The molecule has 0 aliphatic rings. The lowest BCUT2D eigenvalue weighted by Gasteiger charge is -2.21. The van der Waals surface area contributed by atoms with Crippen LogP contribution in [0.1, 0.15) is 57.7 Å². The largest absolute Gasteiger partial charge is 0.389 e. The molecule has 1 aromatic carbocycles. The monoisotopic (exact) mass is 467 g/mol. The number of hydrazine groups is 1. The maximum absolute atomic E-state index is 12.2. The number of carbonyl (C=O) groups is 1. The molecule has 0 aliphatic heterocycles. The van der Waals surface area contributed by atoms with Crippen molar-refractivity contribution >= 4 is 17.4 Å². The van der Waals surface area contributed by atoms with Gasteiger partial charge in [0.1, 0.15) is 11.5 Å². The SMILES string of the molecule is CCOCCCCC(=O)Nc1cccc(CO/N=C(\C(=C(\C)CC)N(C)N)c2ccccc2)n1. The van der Waals surface area contributed by atoms with Crippen LogP contribution in [0.15, 0.2) is 65.0 Å². The lowest BCUT2D eigenvalue weighted by Crippen LogP contribution is -2.31. The molecule has 2 rings (SSSR count). The molecule has 1 amide bonds. The maximum atomic E-state index is 12.2. The summed E-state index contributed by atoms with van der Waals surface area (Å²) in [6.07, 6.45) is 2.89. The smallest absolute Gasteiger partial charge is 0.225 e. The van der Waals surface area contributed by atoms with Crippen LogP contribution in [0.2, 0.25) is 0 Å². The summed E-state index contributed by atoms with van der Waals surface area (Å²) in [4.78, 5) is 22.4. The van der Waals surface area contributed by atoms with Crippen molar-refractivity contribution in [2.75, 3.05) is 25.6 Å². The number of nitrogens with one attached hydrogen (secondary N) is 1. The van der Waals surface area contributed by atoms with E-state index in [1.807, 2.05) is 56.3 Å². The molecule has 0 radical (unpaired) electrons. The van der Waals surface area contributed by atoms with Crippen LogP contribution in [-0.2, 0) is 21.0 Å². The highest BCUT2D eigenvalue weighted by Crippen LogP contribution is 2.18. The van der Waals surface area contributed by atoms with E-state index in [4.69, 9.17) is 15.4 Å². The Morgan fingerprint density at radius 1 is 1.12 bits per heavy atom. The number of carbonyl (C=O) groups excluding carboxylic acids is 1. The second kappa shape index (κ2) is 14.8. The lowest BCUT2D eigenvalue weighted by molar-refractivity contribution is -0.116. The zero-order chi connectivity index (χ0) is 24.8. The van der Waals surface area contributed by atoms with Gasteiger partial charge in [0.25, 0.3) is 0 Å². The minimum atomic E-state index is -0.0674. The number of amides is 1. The molecule has 34 heavy (non-hydrogen) atoms. The molecule has 0 atom stereocenters. The van der Waals surface area contributed by atoms with Gasteiger partial charge in [0.05, 0.1) is 11.4 Å². The third kappa shape index (κ3) is 8.96. The number of aromatic nitrogens is 1. The summed E-state index contributed by atoms with van der Waals surface area (Å²) >= 11 is 0. The molecular formula is C26H37N5O3. The van der Waals surface area contributed by atoms with Crippen LogP contribution in [0.3, 0.4) is 0 Å². The molecular weight excluding hydrogens is 430 g/mol. The van der Waals surface area contributed by atoms with E-state index >= 15 is 0 Å². The van der Waals surface area contributed by atoms with E-state index in [1.54, 1.807) is 18.1 Å². The van der Waals surface area contributed by atoms with E-state index < -0.39 is 0 Å². The van der Waals surface area contributed by atoms with Crippen molar-refractivity contribution in [3.05, 3.63) is 71.1 Å². The summed E-state index contributed by atoms with van der Waals surface area (Å²) in [5.74, 6) is 6.56. The van der Waals surface area contributed by atoms with E-state index in [0.29, 0.717) is 36.9 Å². The number of likely N-dealkylation sites (N-methyl/N-ethyl adjacent to an activating group) is 1. The fourth-order valence-corrected chi connectivity index (χ4v) is 3.30. The quantitative estimate of drug-likeness (QED) is 0.182. The first kappa shape index (κ1) is 27.0. The van der Waals surface area contributed by atoms with Crippen molar-refractivity contribution in [3.8, 4) is 0 Å². The van der Waals surface area contributed by atoms with Crippen molar-refractivity contribution in [1.82, 2.24) is 9.99 Å². The summed E-state index contributed by atoms with van der Waals surface area (Å²) in [5, 5.41) is 8.84. The number of oxime groups is 1. The Bertz CT molecular complexity index is 958. The Kier molecular flexibility index (Phi) is 11.8. The van der Waals surface area contributed by atoms with Crippen LogP contribution >= 0.6 is 0 Å². The molecule has 1 heterocycles. The number of allylic oxidation sites excluding steroid dienone is 2. The molecule has 184 valence electrons. The molecule has 0 saturated heterocycles. The van der Waals surface area contributed by atoms with Crippen molar-refractivity contribution in [2.45, 2.75) is 53.1 Å². The second-order valence-electron chi connectivity index (χ2n) is 7.89. The lowest BCUT2D eigenvalue weighted by atomic mass is 10.0. The van der Waals surface area contributed by atoms with Crippen LogP contribution in [0.4, 0.5) is 5.82 Å². The predicted molar refractivity (Wildman–Crippen MR) is 136 cm³/mol. The van der Waals surface area contributed by atoms with Crippen molar-refractivity contribution in [1.29, 1.82) is 0 Å². The first-order valence-electron chi connectivity index (χ1n) is 11.7. The number of benzene rings is 1. The minimum absolute atomic E-state index is 0.0674. The first-order chi connectivity index (χ1) is 16.5. The van der Waals surface area contributed by atoms with Gasteiger partial charge in [-0.2, -0.15) is 0 Å². The summed E-state index contributed by atoms with van der Waals surface area (Å²) < 4.78 is 5.30. The van der Waals surface area contributed by atoms with Crippen molar-refractivity contribution < 1.29 is 14.4 Å². The van der Waals surface area contributed by atoms with Crippen molar-refractivity contribution in [3.63, 3.8) is 0 Å². The average Bonchev–Trinajstić information content (AvgIpc) is 2.83. The van der Waals surface area contributed by atoms with Crippen LogP contribution in [0.5, 0.6) is 0 Å². The molecule has 3 N–H and O–H groups in total. The molecule has 1 aromatic heterocycles.